The highest BCUT2D eigenvalue weighted by molar-refractivity contribution is 5.53. The van der Waals surface area contributed by atoms with Crippen molar-refractivity contribution < 1.29 is 14.6 Å². The minimum atomic E-state index is -0.600. The van der Waals surface area contributed by atoms with Crippen LogP contribution in [0.5, 0.6) is 11.5 Å². The van der Waals surface area contributed by atoms with Crippen molar-refractivity contribution in [2.45, 2.75) is 25.3 Å². The van der Waals surface area contributed by atoms with E-state index in [2.05, 4.69) is 4.99 Å². The Balaban J connectivity index is 2.50. The van der Waals surface area contributed by atoms with Gasteiger partial charge >= 0.3 is 0 Å². The molecule has 0 unspecified atom stereocenters. The van der Waals surface area contributed by atoms with Gasteiger partial charge in [0, 0.05) is 0 Å². The van der Waals surface area contributed by atoms with Crippen LogP contribution in [0.15, 0.2) is 23.2 Å². The quantitative estimate of drug-likeness (QED) is 0.623. The number of ether oxygens (including phenoxy) is 1. The molecule has 84 valence electrons. The molecule has 0 atom stereocenters. The van der Waals surface area contributed by atoms with Crippen LogP contribution in [0.25, 0.3) is 0 Å². The third kappa shape index (κ3) is 1.68. The molecule has 0 amide bonds. The molecule has 0 bridgehead atoms. The molecule has 0 heterocycles. The Morgan fingerprint density at radius 1 is 1.56 bits per heavy atom. The summed E-state index contributed by atoms with van der Waals surface area (Å²) in [5.74, 6) is 0.724. The van der Waals surface area contributed by atoms with Gasteiger partial charge in [0.2, 0.25) is 6.08 Å². The van der Waals surface area contributed by atoms with Gasteiger partial charge in [-0.1, -0.05) is 6.07 Å². The van der Waals surface area contributed by atoms with Crippen molar-refractivity contribution in [3.63, 3.8) is 0 Å². The van der Waals surface area contributed by atoms with Crippen LogP contribution in [0, 0.1) is 0 Å². The van der Waals surface area contributed by atoms with Crippen molar-refractivity contribution in [2.75, 3.05) is 6.61 Å². The highest BCUT2D eigenvalue weighted by atomic mass is 16.5. The maximum Gasteiger partial charge on any atom is 0.235 e. The summed E-state index contributed by atoms with van der Waals surface area (Å²) >= 11 is 0. The molecule has 0 saturated heterocycles. The number of nitrogens with zero attached hydrogens (tertiary/aromatic N) is 1. The number of aliphatic imine (C=N–C) groups is 1. The van der Waals surface area contributed by atoms with Gasteiger partial charge in [0.15, 0.2) is 0 Å². The maximum atomic E-state index is 10.4. The second-order valence-electron chi connectivity index (χ2n) is 3.82. The van der Waals surface area contributed by atoms with Crippen molar-refractivity contribution in [3.8, 4) is 11.5 Å². The second-order valence-corrected chi connectivity index (χ2v) is 3.82. The summed E-state index contributed by atoms with van der Waals surface area (Å²) in [6.07, 6.45) is 3.07. The minimum absolute atomic E-state index is 0.127. The van der Waals surface area contributed by atoms with E-state index in [9.17, 15) is 9.90 Å². The van der Waals surface area contributed by atoms with Crippen LogP contribution in [0.2, 0.25) is 0 Å². The largest absolute Gasteiger partial charge is 0.507 e. The van der Waals surface area contributed by atoms with Gasteiger partial charge in [-0.05, 0) is 31.9 Å². The first-order chi connectivity index (χ1) is 7.73. The Bertz CT molecular complexity index is 446. The Morgan fingerprint density at radius 2 is 2.31 bits per heavy atom. The molecule has 0 aromatic heterocycles. The lowest BCUT2D eigenvalue weighted by molar-refractivity contribution is 0.329. The number of phenolic OH excluding ortho intramolecular Hbond substituents is 1. The zero-order valence-electron chi connectivity index (χ0n) is 9.06. The van der Waals surface area contributed by atoms with Crippen LogP contribution in [-0.4, -0.2) is 17.8 Å². The smallest absolute Gasteiger partial charge is 0.235 e. The van der Waals surface area contributed by atoms with Gasteiger partial charge in [-0.25, -0.2) is 4.79 Å². The van der Waals surface area contributed by atoms with Crippen molar-refractivity contribution in [1.29, 1.82) is 0 Å². The van der Waals surface area contributed by atoms with E-state index in [1.54, 1.807) is 24.3 Å². The molecule has 1 aromatic rings. The van der Waals surface area contributed by atoms with Gasteiger partial charge in [-0.2, -0.15) is 4.99 Å². The van der Waals surface area contributed by atoms with E-state index in [0.717, 1.165) is 12.8 Å². The minimum Gasteiger partial charge on any atom is -0.507 e. The molecular weight excluding hydrogens is 206 g/mol. The number of aromatic hydroxyl groups is 1. The van der Waals surface area contributed by atoms with Crippen molar-refractivity contribution in [3.05, 3.63) is 23.8 Å². The van der Waals surface area contributed by atoms with Gasteiger partial charge in [0.1, 0.15) is 17.0 Å². The molecule has 0 spiro atoms. The molecule has 1 saturated carbocycles. The van der Waals surface area contributed by atoms with E-state index in [0.29, 0.717) is 17.9 Å². The number of hydrogen-bond donors (Lipinski definition) is 1. The van der Waals surface area contributed by atoms with Gasteiger partial charge in [-0.15, -0.1) is 0 Å². The molecule has 2 rings (SSSR count). The summed E-state index contributed by atoms with van der Waals surface area (Å²) in [4.78, 5) is 14.2. The lowest BCUT2D eigenvalue weighted by Gasteiger charge is -2.15. The van der Waals surface area contributed by atoms with Gasteiger partial charge in [0.25, 0.3) is 0 Å². The molecule has 16 heavy (non-hydrogen) atoms. The fraction of sp³-hybridized carbons (Fsp3) is 0.417. The van der Waals surface area contributed by atoms with Crippen LogP contribution in [0.1, 0.15) is 25.3 Å². The zero-order valence-corrected chi connectivity index (χ0v) is 9.06. The number of hydrogen-bond acceptors (Lipinski definition) is 4. The number of carbonyl (C=O) groups excluding carboxylic acids is 1. The highest BCUT2D eigenvalue weighted by Gasteiger charge is 2.48. The van der Waals surface area contributed by atoms with Crippen molar-refractivity contribution in [2.24, 2.45) is 4.99 Å². The fourth-order valence-corrected chi connectivity index (χ4v) is 1.89. The monoisotopic (exact) mass is 219 g/mol. The van der Waals surface area contributed by atoms with E-state index in [1.807, 2.05) is 6.92 Å². The molecule has 0 radical (unpaired) electrons. The molecule has 0 aliphatic heterocycles. The Hall–Kier alpha value is -1.80. The first kappa shape index (κ1) is 10.7. The summed E-state index contributed by atoms with van der Waals surface area (Å²) in [5, 5.41) is 9.85. The SMILES string of the molecule is CCOc1cccc(O)c1C1(N=C=O)CC1. The van der Waals surface area contributed by atoms with Crippen molar-refractivity contribution in [1.82, 2.24) is 0 Å². The lowest BCUT2D eigenvalue weighted by Crippen LogP contribution is -2.06. The standard InChI is InChI=1S/C12H13NO3/c1-2-16-10-5-3-4-9(15)11(10)12(6-7-12)13-8-14/h3-5,15H,2,6-7H2,1H3. The lowest BCUT2D eigenvalue weighted by atomic mass is 10.0. The van der Waals surface area contributed by atoms with Crippen LogP contribution in [0.4, 0.5) is 0 Å². The Kier molecular flexibility index (Phi) is 2.67. The molecule has 1 aliphatic rings. The molecule has 1 aromatic carbocycles. The van der Waals surface area contributed by atoms with E-state index in [4.69, 9.17) is 4.74 Å². The molecule has 1 fully saturated rings. The third-order valence-corrected chi connectivity index (χ3v) is 2.75. The Labute approximate surface area is 93.6 Å². The first-order valence-corrected chi connectivity index (χ1v) is 5.28. The summed E-state index contributed by atoms with van der Waals surface area (Å²) in [7, 11) is 0. The van der Waals surface area contributed by atoms with Crippen molar-refractivity contribution >= 4 is 6.08 Å². The maximum absolute atomic E-state index is 10.4. The molecular formula is C12H13NO3. The number of isocyanates is 1. The average molecular weight is 219 g/mol. The number of rotatable bonds is 4. The second kappa shape index (κ2) is 3.99. The van der Waals surface area contributed by atoms with Gasteiger partial charge in [-0.3, -0.25) is 0 Å². The number of benzene rings is 1. The molecule has 4 nitrogen and oxygen atoms in total. The third-order valence-electron chi connectivity index (χ3n) is 2.75. The molecule has 4 heteroatoms. The topological polar surface area (TPSA) is 58.9 Å². The highest BCUT2D eigenvalue weighted by Crippen LogP contribution is 2.55. The summed E-state index contributed by atoms with van der Waals surface area (Å²) in [5.41, 5.74) is 0.0117. The Morgan fingerprint density at radius 3 is 2.88 bits per heavy atom. The normalized spacial score (nSPS) is 16.3. The van der Waals surface area contributed by atoms with Crippen LogP contribution in [0.3, 0.4) is 0 Å². The summed E-state index contributed by atoms with van der Waals surface area (Å²) < 4.78 is 5.44. The van der Waals surface area contributed by atoms with Crippen LogP contribution < -0.4 is 4.74 Å². The van der Waals surface area contributed by atoms with E-state index >= 15 is 0 Å². The van der Waals surface area contributed by atoms with E-state index < -0.39 is 5.54 Å². The van der Waals surface area contributed by atoms with Gasteiger partial charge < -0.3 is 9.84 Å². The molecule has 1 aliphatic carbocycles. The van der Waals surface area contributed by atoms with E-state index in [-0.39, 0.29) is 5.75 Å². The summed E-state index contributed by atoms with van der Waals surface area (Å²) in [6, 6.07) is 5.07. The average Bonchev–Trinajstić information content (AvgIpc) is 3.00. The van der Waals surface area contributed by atoms with Gasteiger partial charge in [0.05, 0.1) is 12.2 Å². The number of phenols is 1. The predicted octanol–water partition coefficient (Wildman–Crippen LogP) is 2.12. The van der Waals surface area contributed by atoms with Crippen LogP contribution in [-0.2, 0) is 10.3 Å². The molecule has 1 N–H and O–H groups in total. The van der Waals surface area contributed by atoms with Crippen LogP contribution >= 0.6 is 0 Å². The fourth-order valence-electron chi connectivity index (χ4n) is 1.89. The summed E-state index contributed by atoms with van der Waals surface area (Å²) in [6.45, 7) is 2.38. The van der Waals surface area contributed by atoms with E-state index in [1.165, 1.54) is 0 Å². The zero-order chi connectivity index (χ0) is 11.6. The predicted molar refractivity (Wildman–Crippen MR) is 58.3 cm³/mol. The first-order valence-electron chi connectivity index (χ1n) is 5.28.